The number of rotatable bonds is 5. The Balaban J connectivity index is 1.58. The summed E-state index contributed by atoms with van der Waals surface area (Å²) < 4.78 is 50.9. The highest BCUT2D eigenvalue weighted by atomic mass is 19.4. The zero-order valence-corrected chi connectivity index (χ0v) is 18.3. The minimum absolute atomic E-state index is 0.0611. The Hall–Kier alpha value is -4.80. The van der Waals surface area contributed by atoms with E-state index in [1.807, 2.05) is 6.07 Å². The van der Waals surface area contributed by atoms with Gasteiger partial charge in [-0.1, -0.05) is 36.4 Å². The number of carbonyl (C=O) groups excluding carboxylic acids is 1. The van der Waals surface area contributed by atoms with Crippen LogP contribution in [-0.2, 0) is 17.5 Å². The maximum atomic E-state index is 13.1. The van der Waals surface area contributed by atoms with Gasteiger partial charge in [0, 0.05) is 29.5 Å². The van der Waals surface area contributed by atoms with E-state index in [2.05, 4.69) is 15.0 Å². The lowest BCUT2D eigenvalue weighted by molar-refractivity contribution is -0.141. The van der Waals surface area contributed by atoms with E-state index in [4.69, 9.17) is 9.15 Å². The number of oxazole rings is 1. The zero-order chi connectivity index (χ0) is 25.3. The number of nitrogens with zero attached hydrogens (tertiary/aromatic N) is 4. The van der Waals surface area contributed by atoms with Crippen molar-refractivity contribution in [3.8, 4) is 17.1 Å². The second-order valence-corrected chi connectivity index (χ2v) is 7.60. The molecule has 0 unspecified atom stereocenters. The number of benzene rings is 1. The summed E-state index contributed by atoms with van der Waals surface area (Å²) in [6.07, 6.45) is -0.860. The Morgan fingerprint density at radius 3 is 2.53 bits per heavy atom. The Bertz CT molecular complexity index is 1610. The number of fused-ring (bicyclic) bond motifs is 1. The van der Waals surface area contributed by atoms with Gasteiger partial charge < -0.3 is 9.15 Å². The van der Waals surface area contributed by atoms with Gasteiger partial charge in [-0.15, -0.1) is 0 Å². The normalized spacial score (nSPS) is 11.5. The van der Waals surface area contributed by atoms with Crippen LogP contribution < -0.4 is 5.56 Å². The summed E-state index contributed by atoms with van der Waals surface area (Å²) in [5.74, 6) is -1.66. The van der Waals surface area contributed by atoms with E-state index in [1.54, 1.807) is 42.5 Å². The highest BCUT2D eigenvalue weighted by Crippen LogP contribution is 2.31. The Kier molecular flexibility index (Phi) is 5.80. The molecule has 36 heavy (non-hydrogen) atoms. The maximum Gasteiger partial charge on any atom is 0.433 e. The van der Waals surface area contributed by atoms with Crippen LogP contribution in [0.2, 0.25) is 0 Å². The van der Waals surface area contributed by atoms with Crippen molar-refractivity contribution >= 4 is 16.9 Å². The van der Waals surface area contributed by atoms with Crippen molar-refractivity contribution < 1.29 is 27.1 Å². The van der Waals surface area contributed by atoms with Gasteiger partial charge in [0.2, 0.25) is 0 Å². The molecule has 0 N–H and O–H groups in total. The van der Waals surface area contributed by atoms with Crippen molar-refractivity contribution in [1.29, 1.82) is 0 Å². The van der Waals surface area contributed by atoms with Gasteiger partial charge in [0.1, 0.15) is 17.8 Å². The number of pyridine rings is 3. The first-order chi connectivity index (χ1) is 17.3. The van der Waals surface area contributed by atoms with Crippen molar-refractivity contribution in [2.45, 2.75) is 12.8 Å². The summed E-state index contributed by atoms with van der Waals surface area (Å²) in [5.41, 5.74) is -0.747. The van der Waals surface area contributed by atoms with Crippen molar-refractivity contribution in [1.82, 2.24) is 19.5 Å². The van der Waals surface area contributed by atoms with Crippen molar-refractivity contribution in [2.24, 2.45) is 0 Å². The topological polar surface area (TPSA) is 100 Å². The zero-order valence-electron chi connectivity index (χ0n) is 18.3. The Labute approximate surface area is 200 Å². The molecule has 5 aromatic rings. The van der Waals surface area contributed by atoms with Crippen LogP contribution in [0.15, 0.2) is 88.5 Å². The maximum absolute atomic E-state index is 13.1. The highest BCUT2D eigenvalue weighted by molar-refractivity contribution is 5.86. The molecule has 8 nitrogen and oxygen atoms in total. The van der Waals surface area contributed by atoms with Crippen LogP contribution in [0.4, 0.5) is 13.2 Å². The third-order valence-corrected chi connectivity index (χ3v) is 5.20. The molecule has 0 saturated carbocycles. The fourth-order valence-electron chi connectivity index (χ4n) is 3.47. The molecule has 0 bridgehead atoms. The van der Waals surface area contributed by atoms with Crippen molar-refractivity contribution in [3.63, 3.8) is 0 Å². The second-order valence-electron chi connectivity index (χ2n) is 7.60. The van der Waals surface area contributed by atoms with E-state index in [9.17, 15) is 22.8 Å². The average molecular weight is 492 g/mol. The highest BCUT2D eigenvalue weighted by Gasteiger charge is 2.32. The van der Waals surface area contributed by atoms with Crippen molar-refractivity contribution in [2.75, 3.05) is 0 Å². The molecule has 0 aliphatic carbocycles. The smallest absolute Gasteiger partial charge is 0.433 e. The van der Waals surface area contributed by atoms with Gasteiger partial charge in [-0.05, 0) is 29.8 Å². The van der Waals surface area contributed by atoms with Crippen LogP contribution in [0.5, 0.6) is 0 Å². The van der Waals surface area contributed by atoms with Gasteiger partial charge >= 0.3 is 18.0 Å². The molecular formula is C25H15F3N4O4. The molecule has 0 radical (unpaired) electrons. The van der Waals surface area contributed by atoms with Gasteiger partial charge in [-0.25, -0.2) is 4.79 Å². The SMILES string of the molecule is O=C(OCc1ccccc1)c1nc(-n2ccc3cccnc3c2=O)c(-c2ccc(C(F)(F)F)nc2)o1. The number of carbonyl (C=O) groups is 1. The number of esters is 1. The van der Waals surface area contributed by atoms with Crippen LogP contribution in [0.1, 0.15) is 21.9 Å². The molecule has 4 aromatic heterocycles. The van der Waals surface area contributed by atoms with Gasteiger partial charge in [-0.3, -0.25) is 19.3 Å². The number of aromatic nitrogens is 4. The van der Waals surface area contributed by atoms with E-state index in [-0.39, 0.29) is 29.3 Å². The van der Waals surface area contributed by atoms with Crippen LogP contribution in [-0.4, -0.2) is 25.5 Å². The van der Waals surface area contributed by atoms with Crippen LogP contribution >= 0.6 is 0 Å². The minimum Gasteiger partial charge on any atom is -0.454 e. The second kappa shape index (κ2) is 9.10. The fourth-order valence-corrected chi connectivity index (χ4v) is 3.47. The monoisotopic (exact) mass is 492 g/mol. The number of hydrogen-bond donors (Lipinski definition) is 0. The molecule has 4 heterocycles. The average Bonchev–Trinajstić information content (AvgIpc) is 3.33. The lowest BCUT2D eigenvalue weighted by atomic mass is 10.2. The molecule has 0 fully saturated rings. The number of ether oxygens (including phenoxy) is 1. The summed E-state index contributed by atoms with van der Waals surface area (Å²) in [6.45, 7) is -0.0611. The predicted molar refractivity (Wildman–Crippen MR) is 121 cm³/mol. The first-order valence-electron chi connectivity index (χ1n) is 10.5. The van der Waals surface area contributed by atoms with Gasteiger partial charge in [0.05, 0.1) is 0 Å². The first kappa shape index (κ1) is 23.0. The third kappa shape index (κ3) is 4.45. The van der Waals surface area contributed by atoms with E-state index in [0.29, 0.717) is 5.39 Å². The summed E-state index contributed by atoms with van der Waals surface area (Å²) >= 11 is 0. The molecule has 0 atom stereocenters. The van der Waals surface area contributed by atoms with Gasteiger partial charge in [0.15, 0.2) is 11.6 Å². The minimum atomic E-state index is -4.64. The lowest BCUT2D eigenvalue weighted by Crippen LogP contribution is -2.19. The molecular weight excluding hydrogens is 477 g/mol. The summed E-state index contributed by atoms with van der Waals surface area (Å²) in [6, 6.07) is 15.7. The standard InChI is InChI=1S/C25H15F3N4O4/c26-25(27,28)18-9-8-17(13-30-18)20-21(32-12-10-16-7-4-11-29-19(16)23(32)33)31-22(36-20)24(34)35-14-15-5-2-1-3-6-15/h1-13H,14H2. The van der Waals surface area contributed by atoms with Crippen LogP contribution in [0.25, 0.3) is 28.0 Å². The van der Waals surface area contributed by atoms with E-state index >= 15 is 0 Å². The number of alkyl halides is 3. The molecule has 0 spiro atoms. The third-order valence-electron chi connectivity index (χ3n) is 5.20. The lowest BCUT2D eigenvalue weighted by Gasteiger charge is -2.07. The van der Waals surface area contributed by atoms with Gasteiger partial charge in [0.25, 0.3) is 5.56 Å². The van der Waals surface area contributed by atoms with Crippen LogP contribution in [0.3, 0.4) is 0 Å². The van der Waals surface area contributed by atoms with E-state index in [1.165, 1.54) is 12.4 Å². The summed E-state index contributed by atoms with van der Waals surface area (Å²) in [4.78, 5) is 37.5. The van der Waals surface area contributed by atoms with Gasteiger partial charge in [-0.2, -0.15) is 18.2 Å². The first-order valence-corrected chi connectivity index (χ1v) is 10.5. The fraction of sp³-hybridized carbons (Fsp3) is 0.0800. The predicted octanol–water partition coefficient (Wildman–Crippen LogP) is 4.81. The number of halogens is 3. The largest absolute Gasteiger partial charge is 0.454 e. The molecule has 5 rings (SSSR count). The summed E-state index contributed by atoms with van der Waals surface area (Å²) in [5, 5.41) is 0.572. The molecule has 0 saturated heterocycles. The van der Waals surface area contributed by atoms with Crippen LogP contribution in [0, 0.1) is 0 Å². The van der Waals surface area contributed by atoms with E-state index in [0.717, 1.165) is 28.5 Å². The van der Waals surface area contributed by atoms with Crippen molar-refractivity contribution in [3.05, 3.63) is 107 Å². The van der Waals surface area contributed by atoms with E-state index < -0.39 is 29.3 Å². The quantitative estimate of drug-likeness (QED) is 0.325. The molecule has 11 heteroatoms. The summed E-state index contributed by atoms with van der Waals surface area (Å²) in [7, 11) is 0. The Morgan fingerprint density at radius 2 is 1.81 bits per heavy atom. The number of hydrogen-bond acceptors (Lipinski definition) is 7. The molecule has 0 aliphatic heterocycles. The Morgan fingerprint density at radius 1 is 1.00 bits per heavy atom. The molecule has 0 aliphatic rings. The molecule has 0 amide bonds. The molecule has 180 valence electrons. The molecule has 1 aromatic carbocycles.